The SMILES string of the molecule is C=CCOC(=O)c1nc(Cl)c(Cl)n1COCC. The zero-order valence-electron chi connectivity index (χ0n) is 9.28. The molecule has 1 aromatic heterocycles. The minimum Gasteiger partial charge on any atom is -0.456 e. The molecule has 0 aromatic carbocycles. The van der Waals surface area contributed by atoms with Crippen molar-refractivity contribution in [1.82, 2.24) is 9.55 Å². The quantitative estimate of drug-likeness (QED) is 0.593. The van der Waals surface area contributed by atoms with E-state index in [9.17, 15) is 4.79 Å². The molecule has 0 aliphatic rings. The lowest BCUT2D eigenvalue weighted by Crippen LogP contribution is -2.15. The van der Waals surface area contributed by atoms with Crippen molar-refractivity contribution < 1.29 is 14.3 Å². The molecule has 0 atom stereocenters. The van der Waals surface area contributed by atoms with Crippen molar-refractivity contribution in [2.75, 3.05) is 13.2 Å². The van der Waals surface area contributed by atoms with E-state index in [2.05, 4.69) is 11.6 Å². The van der Waals surface area contributed by atoms with Crippen molar-refractivity contribution in [3.8, 4) is 0 Å². The first kappa shape index (κ1) is 14.0. The van der Waals surface area contributed by atoms with E-state index in [0.717, 1.165) is 0 Å². The standard InChI is InChI=1S/C10H12Cl2N2O3/c1-3-5-17-10(15)9-13-7(11)8(12)14(9)6-16-4-2/h3H,1,4-6H2,2H3. The van der Waals surface area contributed by atoms with Crippen LogP contribution < -0.4 is 0 Å². The van der Waals surface area contributed by atoms with Crippen LogP contribution in [0.4, 0.5) is 0 Å². The Bertz CT molecular complexity index is 418. The topological polar surface area (TPSA) is 53.3 Å². The molecule has 0 saturated heterocycles. The number of hydrogen-bond donors (Lipinski definition) is 0. The molecule has 94 valence electrons. The van der Waals surface area contributed by atoms with E-state index in [1.807, 2.05) is 6.92 Å². The van der Waals surface area contributed by atoms with E-state index in [4.69, 9.17) is 32.7 Å². The highest BCUT2D eigenvalue weighted by molar-refractivity contribution is 6.40. The Morgan fingerprint density at radius 2 is 2.29 bits per heavy atom. The first-order valence-corrected chi connectivity index (χ1v) is 5.64. The van der Waals surface area contributed by atoms with Gasteiger partial charge >= 0.3 is 5.97 Å². The molecule has 1 heterocycles. The molecule has 0 radical (unpaired) electrons. The third-order valence-electron chi connectivity index (χ3n) is 1.81. The van der Waals surface area contributed by atoms with Gasteiger partial charge in [-0.3, -0.25) is 4.57 Å². The van der Waals surface area contributed by atoms with Crippen molar-refractivity contribution in [1.29, 1.82) is 0 Å². The van der Waals surface area contributed by atoms with Crippen LogP contribution in [0.5, 0.6) is 0 Å². The van der Waals surface area contributed by atoms with Crippen LogP contribution in [0.2, 0.25) is 10.3 Å². The van der Waals surface area contributed by atoms with Gasteiger partial charge < -0.3 is 9.47 Å². The number of nitrogens with zero attached hydrogens (tertiary/aromatic N) is 2. The highest BCUT2D eigenvalue weighted by Gasteiger charge is 2.21. The predicted molar refractivity (Wildman–Crippen MR) is 64.4 cm³/mol. The Morgan fingerprint density at radius 3 is 2.88 bits per heavy atom. The maximum Gasteiger partial charge on any atom is 0.375 e. The Kier molecular flexibility index (Phi) is 5.47. The van der Waals surface area contributed by atoms with Gasteiger partial charge in [0, 0.05) is 6.61 Å². The zero-order valence-corrected chi connectivity index (χ0v) is 10.8. The molecule has 0 N–H and O–H groups in total. The lowest BCUT2D eigenvalue weighted by Gasteiger charge is -2.07. The second-order valence-electron chi connectivity index (χ2n) is 2.95. The molecule has 17 heavy (non-hydrogen) atoms. The number of hydrogen-bond acceptors (Lipinski definition) is 4. The Hall–Kier alpha value is -1.04. The average Bonchev–Trinajstić information content (AvgIpc) is 2.60. The largest absolute Gasteiger partial charge is 0.456 e. The van der Waals surface area contributed by atoms with Gasteiger partial charge in [-0.15, -0.1) is 0 Å². The fourth-order valence-electron chi connectivity index (χ4n) is 1.06. The van der Waals surface area contributed by atoms with Gasteiger partial charge in [0.05, 0.1) is 0 Å². The number of rotatable bonds is 6. The maximum atomic E-state index is 11.6. The summed E-state index contributed by atoms with van der Waals surface area (Å²) >= 11 is 11.6. The molecule has 1 rings (SSSR count). The molecule has 0 spiro atoms. The lowest BCUT2D eigenvalue weighted by molar-refractivity contribution is 0.0486. The summed E-state index contributed by atoms with van der Waals surface area (Å²) < 4.78 is 11.4. The van der Waals surface area contributed by atoms with Gasteiger partial charge in [0.2, 0.25) is 5.82 Å². The molecular weight excluding hydrogens is 267 g/mol. The van der Waals surface area contributed by atoms with Crippen molar-refractivity contribution in [2.45, 2.75) is 13.7 Å². The summed E-state index contributed by atoms with van der Waals surface area (Å²) in [6.45, 7) is 5.92. The third-order valence-corrected chi connectivity index (χ3v) is 2.55. The Morgan fingerprint density at radius 1 is 1.59 bits per heavy atom. The van der Waals surface area contributed by atoms with Crippen molar-refractivity contribution in [3.63, 3.8) is 0 Å². The second kappa shape index (κ2) is 6.64. The summed E-state index contributed by atoms with van der Waals surface area (Å²) in [6, 6.07) is 0. The van der Waals surface area contributed by atoms with Crippen LogP contribution in [0.3, 0.4) is 0 Å². The van der Waals surface area contributed by atoms with Crippen LogP contribution >= 0.6 is 23.2 Å². The first-order chi connectivity index (χ1) is 8.11. The average molecular weight is 279 g/mol. The van der Waals surface area contributed by atoms with Gasteiger partial charge in [-0.05, 0) is 6.92 Å². The minimum atomic E-state index is -0.626. The van der Waals surface area contributed by atoms with Gasteiger partial charge in [-0.1, -0.05) is 35.9 Å². The number of carbonyl (C=O) groups excluding carboxylic acids is 1. The summed E-state index contributed by atoms with van der Waals surface area (Å²) in [7, 11) is 0. The lowest BCUT2D eigenvalue weighted by atomic mass is 10.6. The van der Waals surface area contributed by atoms with E-state index in [-0.39, 0.29) is 29.5 Å². The minimum absolute atomic E-state index is 0.00954. The molecule has 0 amide bonds. The third kappa shape index (κ3) is 3.46. The summed E-state index contributed by atoms with van der Waals surface area (Å²) in [5.41, 5.74) is 0. The van der Waals surface area contributed by atoms with E-state index in [1.165, 1.54) is 10.6 Å². The molecule has 0 fully saturated rings. The summed E-state index contributed by atoms with van der Waals surface area (Å²) in [6.07, 6.45) is 1.46. The predicted octanol–water partition coefficient (Wildman–Crippen LogP) is 2.53. The van der Waals surface area contributed by atoms with Crippen LogP contribution in [0.1, 0.15) is 17.5 Å². The fraction of sp³-hybridized carbons (Fsp3) is 0.400. The number of halogens is 2. The van der Waals surface area contributed by atoms with E-state index in [1.54, 1.807) is 0 Å². The monoisotopic (exact) mass is 278 g/mol. The summed E-state index contributed by atoms with van der Waals surface area (Å²) in [5, 5.41) is 0.183. The normalized spacial score (nSPS) is 10.3. The van der Waals surface area contributed by atoms with Gasteiger partial charge in [0.1, 0.15) is 18.5 Å². The molecule has 7 heteroatoms. The number of ether oxygens (including phenoxy) is 2. The summed E-state index contributed by atoms with van der Waals surface area (Å²) in [5.74, 6) is -0.617. The van der Waals surface area contributed by atoms with Crippen LogP contribution in [-0.4, -0.2) is 28.7 Å². The molecular formula is C10H12Cl2N2O3. The zero-order chi connectivity index (χ0) is 12.8. The maximum absolute atomic E-state index is 11.6. The smallest absolute Gasteiger partial charge is 0.375 e. The second-order valence-corrected chi connectivity index (χ2v) is 3.67. The Balaban J connectivity index is 2.93. The summed E-state index contributed by atoms with van der Waals surface area (Å²) in [4.78, 5) is 15.5. The number of imidazole rings is 1. The number of carbonyl (C=O) groups is 1. The fourth-order valence-corrected chi connectivity index (χ4v) is 1.41. The molecule has 5 nitrogen and oxygen atoms in total. The van der Waals surface area contributed by atoms with Crippen LogP contribution in [0.25, 0.3) is 0 Å². The molecule has 1 aromatic rings. The van der Waals surface area contributed by atoms with Gasteiger partial charge in [-0.2, -0.15) is 0 Å². The van der Waals surface area contributed by atoms with Gasteiger partial charge in [0.25, 0.3) is 0 Å². The van der Waals surface area contributed by atoms with Crippen molar-refractivity contribution in [2.24, 2.45) is 0 Å². The molecule has 0 aliphatic heterocycles. The highest BCUT2D eigenvalue weighted by Crippen LogP contribution is 2.23. The van der Waals surface area contributed by atoms with E-state index in [0.29, 0.717) is 6.61 Å². The van der Waals surface area contributed by atoms with Gasteiger partial charge in [-0.25, -0.2) is 9.78 Å². The molecule has 0 bridgehead atoms. The first-order valence-electron chi connectivity index (χ1n) is 4.89. The highest BCUT2D eigenvalue weighted by atomic mass is 35.5. The van der Waals surface area contributed by atoms with Crippen LogP contribution in [0.15, 0.2) is 12.7 Å². The number of aromatic nitrogens is 2. The molecule has 0 saturated carbocycles. The van der Waals surface area contributed by atoms with E-state index >= 15 is 0 Å². The van der Waals surface area contributed by atoms with E-state index < -0.39 is 5.97 Å². The van der Waals surface area contributed by atoms with Crippen molar-refractivity contribution in [3.05, 3.63) is 28.8 Å². The van der Waals surface area contributed by atoms with Gasteiger partial charge in [0.15, 0.2) is 5.15 Å². The Labute approximate surface area is 109 Å². The van der Waals surface area contributed by atoms with Crippen LogP contribution in [-0.2, 0) is 16.2 Å². The van der Waals surface area contributed by atoms with Crippen molar-refractivity contribution >= 4 is 29.2 Å². The van der Waals surface area contributed by atoms with Crippen LogP contribution in [0, 0.1) is 0 Å². The number of esters is 1. The molecule has 0 unspecified atom stereocenters. The molecule has 0 aliphatic carbocycles.